The summed E-state index contributed by atoms with van der Waals surface area (Å²) in [6.07, 6.45) is 2.94. The van der Waals surface area contributed by atoms with Crippen LogP contribution >= 0.6 is 11.8 Å². The van der Waals surface area contributed by atoms with Crippen molar-refractivity contribution >= 4 is 34.5 Å². The Morgan fingerprint density at radius 3 is 2.75 bits per heavy atom. The maximum Gasteiger partial charge on any atom is 0.282 e. The summed E-state index contributed by atoms with van der Waals surface area (Å²) in [5.74, 6) is 0.544. The summed E-state index contributed by atoms with van der Waals surface area (Å²) in [5.41, 5.74) is 2.69. The molecule has 0 unspecified atom stereocenters. The molecule has 4 rings (SSSR count). The van der Waals surface area contributed by atoms with E-state index in [2.05, 4.69) is 20.3 Å². The minimum Gasteiger partial charge on any atom is -0.496 e. The molecule has 0 saturated carbocycles. The van der Waals surface area contributed by atoms with E-state index in [9.17, 15) is 9.59 Å². The quantitative estimate of drug-likeness (QED) is 0.343. The van der Waals surface area contributed by atoms with Gasteiger partial charge < -0.3 is 10.1 Å². The summed E-state index contributed by atoms with van der Waals surface area (Å²) in [4.78, 5) is 38.5. The summed E-state index contributed by atoms with van der Waals surface area (Å²) in [7, 11) is 1.58. The molecule has 1 amide bonds. The van der Waals surface area contributed by atoms with Crippen molar-refractivity contribution in [2.24, 2.45) is 0 Å². The van der Waals surface area contributed by atoms with Crippen LogP contribution in [-0.4, -0.2) is 38.3 Å². The highest BCUT2D eigenvalue weighted by atomic mass is 32.2. The van der Waals surface area contributed by atoms with Crippen LogP contribution in [0.4, 0.5) is 5.69 Å². The monoisotopic (exact) mass is 447 g/mol. The van der Waals surface area contributed by atoms with Crippen LogP contribution in [0.3, 0.4) is 0 Å². The molecule has 8 nitrogen and oxygen atoms in total. The first-order chi connectivity index (χ1) is 15.5. The van der Waals surface area contributed by atoms with Crippen molar-refractivity contribution in [3.05, 3.63) is 82.4 Å². The number of benzene rings is 2. The smallest absolute Gasteiger partial charge is 0.282 e. The largest absolute Gasteiger partial charge is 0.496 e. The molecule has 2 aromatic carbocycles. The molecule has 1 N–H and O–H groups in total. The van der Waals surface area contributed by atoms with E-state index >= 15 is 0 Å². The van der Waals surface area contributed by atoms with Crippen LogP contribution in [0.1, 0.15) is 11.1 Å². The summed E-state index contributed by atoms with van der Waals surface area (Å²) >= 11 is 1.17. The lowest BCUT2D eigenvalue weighted by molar-refractivity contribution is -0.113. The lowest BCUT2D eigenvalue weighted by Gasteiger charge is -2.14. The first-order valence-electron chi connectivity index (χ1n) is 9.88. The Morgan fingerprint density at radius 2 is 1.94 bits per heavy atom. The topological polar surface area (TPSA) is 99.0 Å². The van der Waals surface area contributed by atoms with Gasteiger partial charge in [-0.15, -0.1) is 0 Å². The molecule has 2 heterocycles. The van der Waals surface area contributed by atoms with E-state index in [1.165, 1.54) is 28.7 Å². The third-order valence-electron chi connectivity index (χ3n) is 4.71. The predicted octanol–water partition coefficient (Wildman–Crippen LogP) is 3.28. The van der Waals surface area contributed by atoms with Gasteiger partial charge in [-0.05, 0) is 30.7 Å². The van der Waals surface area contributed by atoms with Gasteiger partial charge in [-0.1, -0.05) is 42.1 Å². The highest BCUT2D eigenvalue weighted by molar-refractivity contribution is 7.99. The molecule has 9 heteroatoms. The molecule has 0 aliphatic rings. The normalized spacial score (nSPS) is 10.8. The summed E-state index contributed by atoms with van der Waals surface area (Å²) < 4.78 is 6.92. The van der Waals surface area contributed by atoms with Crippen molar-refractivity contribution in [1.82, 2.24) is 19.5 Å². The molecule has 0 aliphatic carbocycles. The number of amides is 1. The molecule has 0 bridgehead atoms. The fraction of sp³-hybridized carbons (Fsp3) is 0.174. The van der Waals surface area contributed by atoms with Crippen LogP contribution in [0, 0.1) is 6.92 Å². The molecular formula is C23H21N5O3S. The minimum atomic E-state index is -0.324. The number of aromatic nitrogens is 4. The van der Waals surface area contributed by atoms with Crippen LogP contribution in [-0.2, 0) is 11.3 Å². The summed E-state index contributed by atoms with van der Waals surface area (Å²) in [5, 5.41) is 3.25. The van der Waals surface area contributed by atoms with Gasteiger partial charge in [0.05, 0.1) is 19.4 Å². The van der Waals surface area contributed by atoms with E-state index in [1.54, 1.807) is 7.11 Å². The van der Waals surface area contributed by atoms with Gasteiger partial charge in [0.15, 0.2) is 16.3 Å². The maximum absolute atomic E-state index is 13.2. The molecule has 0 spiro atoms. The number of hydrogen-bond donors (Lipinski definition) is 1. The van der Waals surface area contributed by atoms with Gasteiger partial charge in [-0.3, -0.25) is 14.2 Å². The molecule has 0 aliphatic heterocycles. The molecule has 0 fully saturated rings. The number of nitrogens with one attached hydrogen (secondary N) is 1. The Bertz CT molecular complexity index is 1340. The second kappa shape index (κ2) is 9.61. The second-order valence-corrected chi connectivity index (χ2v) is 7.97. The van der Waals surface area contributed by atoms with Gasteiger partial charge in [0, 0.05) is 23.6 Å². The average molecular weight is 448 g/mol. The fourth-order valence-electron chi connectivity index (χ4n) is 3.23. The first kappa shape index (κ1) is 21.5. The van der Waals surface area contributed by atoms with E-state index in [0.717, 1.165) is 16.8 Å². The molecule has 0 atom stereocenters. The zero-order chi connectivity index (χ0) is 22.5. The summed E-state index contributed by atoms with van der Waals surface area (Å²) in [6, 6.07) is 15.0. The highest BCUT2D eigenvalue weighted by Crippen LogP contribution is 2.22. The van der Waals surface area contributed by atoms with Crippen molar-refractivity contribution in [3.8, 4) is 5.75 Å². The molecule has 4 aromatic rings. The Hall–Kier alpha value is -3.72. The molecule has 2 aromatic heterocycles. The standard InChI is InChI=1S/C23H21N5O3S/c1-15-6-5-8-17(12-15)26-19(29)14-32-23-27-21-20(24-10-11-25-21)22(30)28(23)13-16-7-3-4-9-18(16)31-2/h3-12H,13-14H2,1-2H3,(H,26,29). The van der Waals surface area contributed by atoms with Gasteiger partial charge in [0.2, 0.25) is 5.91 Å². The first-order valence-corrected chi connectivity index (χ1v) is 10.9. The summed E-state index contributed by atoms with van der Waals surface area (Å²) in [6.45, 7) is 2.19. The van der Waals surface area contributed by atoms with Crippen molar-refractivity contribution < 1.29 is 9.53 Å². The SMILES string of the molecule is COc1ccccc1Cn1c(SCC(=O)Nc2cccc(C)c2)nc2nccnc2c1=O. The number of carbonyl (C=O) groups excluding carboxylic acids is 1. The van der Waals surface area contributed by atoms with Crippen molar-refractivity contribution in [1.29, 1.82) is 0 Å². The number of carbonyl (C=O) groups is 1. The number of fused-ring (bicyclic) bond motifs is 1. The fourth-order valence-corrected chi connectivity index (χ4v) is 4.02. The van der Waals surface area contributed by atoms with Crippen LogP contribution in [0.5, 0.6) is 5.75 Å². The zero-order valence-corrected chi connectivity index (χ0v) is 18.4. The van der Waals surface area contributed by atoms with Crippen molar-refractivity contribution in [2.45, 2.75) is 18.6 Å². The van der Waals surface area contributed by atoms with Crippen LogP contribution in [0.2, 0.25) is 0 Å². The van der Waals surface area contributed by atoms with Crippen molar-refractivity contribution in [2.75, 3.05) is 18.2 Å². The van der Waals surface area contributed by atoms with E-state index in [-0.39, 0.29) is 34.9 Å². The van der Waals surface area contributed by atoms with E-state index < -0.39 is 0 Å². The molecule has 0 radical (unpaired) electrons. The molecular weight excluding hydrogens is 426 g/mol. The van der Waals surface area contributed by atoms with Gasteiger partial charge in [-0.2, -0.15) is 0 Å². The van der Waals surface area contributed by atoms with E-state index in [1.807, 2.05) is 55.5 Å². The number of para-hydroxylation sites is 1. The van der Waals surface area contributed by atoms with Crippen LogP contribution < -0.4 is 15.6 Å². The predicted molar refractivity (Wildman–Crippen MR) is 124 cm³/mol. The minimum absolute atomic E-state index is 0.0814. The molecule has 162 valence electrons. The van der Waals surface area contributed by atoms with Crippen molar-refractivity contribution in [3.63, 3.8) is 0 Å². The molecule has 32 heavy (non-hydrogen) atoms. The number of methoxy groups -OCH3 is 1. The number of nitrogens with zero attached hydrogens (tertiary/aromatic N) is 4. The second-order valence-electron chi connectivity index (χ2n) is 7.03. The Morgan fingerprint density at radius 1 is 1.12 bits per heavy atom. The molecule has 0 saturated heterocycles. The third-order valence-corrected chi connectivity index (χ3v) is 5.69. The Balaban J connectivity index is 1.64. The Labute approximate surface area is 188 Å². The Kier molecular flexibility index (Phi) is 6.46. The van der Waals surface area contributed by atoms with E-state index in [0.29, 0.717) is 10.9 Å². The zero-order valence-electron chi connectivity index (χ0n) is 17.6. The van der Waals surface area contributed by atoms with Gasteiger partial charge in [-0.25, -0.2) is 15.0 Å². The van der Waals surface area contributed by atoms with E-state index in [4.69, 9.17) is 4.74 Å². The van der Waals surface area contributed by atoms with Gasteiger partial charge in [0.25, 0.3) is 5.56 Å². The number of anilines is 1. The highest BCUT2D eigenvalue weighted by Gasteiger charge is 2.16. The average Bonchev–Trinajstić information content (AvgIpc) is 2.80. The van der Waals surface area contributed by atoms with Gasteiger partial charge in [0.1, 0.15) is 5.75 Å². The number of hydrogen-bond acceptors (Lipinski definition) is 7. The lowest BCUT2D eigenvalue weighted by atomic mass is 10.2. The van der Waals surface area contributed by atoms with Crippen LogP contribution in [0.25, 0.3) is 11.2 Å². The lowest BCUT2D eigenvalue weighted by Crippen LogP contribution is -2.26. The number of aryl methyl sites for hydroxylation is 1. The van der Waals surface area contributed by atoms with Crippen LogP contribution in [0.15, 0.2) is 70.9 Å². The third kappa shape index (κ3) is 4.78. The number of ether oxygens (including phenoxy) is 1. The van der Waals surface area contributed by atoms with Gasteiger partial charge >= 0.3 is 0 Å². The number of rotatable bonds is 7. The number of thioether (sulfide) groups is 1. The maximum atomic E-state index is 13.2.